The van der Waals surface area contributed by atoms with Crippen LogP contribution in [0, 0.1) is 0 Å². The minimum Gasteiger partial charge on any atom is -0.392 e. The molecule has 30 heavy (non-hydrogen) atoms. The van der Waals surface area contributed by atoms with Gasteiger partial charge in [0.1, 0.15) is 0 Å². The van der Waals surface area contributed by atoms with Gasteiger partial charge in [0, 0.05) is 51.5 Å². The van der Waals surface area contributed by atoms with Gasteiger partial charge in [0.2, 0.25) is 0 Å². The van der Waals surface area contributed by atoms with E-state index < -0.39 is 0 Å². The number of nitrogens with one attached hydrogen (secondary N) is 3. The summed E-state index contributed by atoms with van der Waals surface area (Å²) in [7, 11) is 0. The third-order valence-electron chi connectivity index (χ3n) is 5.40. The maximum Gasteiger partial charge on any atom is 0.0702 e. The summed E-state index contributed by atoms with van der Waals surface area (Å²) in [6.07, 6.45) is 2.74. The third-order valence-corrected chi connectivity index (χ3v) is 5.40. The van der Waals surface area contributed by atoms with E-state index in [1.54, 1.807) is 0 Å². The Morgan fingerprint density at radius 2 is 1.17 bits per heavy atom. The molecule has 0 aliphatic rings. The quantitative estimate of drug-likeness (QED) is 0.297. The van der Waals surface area contributed by atoms with E-state index in [4.69, 9.17) is 5.11 Å². The monoisotopic (exact) mass is 393 g/mol. The summed E-state index contributed by atoms with van der Waals surface area (Å²) in [6, 6.07) is 29.2. The summed E-state index contributed by atoms with van der Waals surface area (Å²) in [4.78, 5) is 10.0. The molecule has 0 spiro atoms. The Morgan fingerprint density at radius 3 is 1.73 bits per heavy atom. The van der Waals surface area contributed by atoms with Crippen LogP contribution in [0.2, 0.25) is 0 Å². The number of hydrogen-bond acceptors (Lipinski definition) is 1. The number of rotatable bonds is 3. The van der Waals surface area contributed by atoms with E-state index in [0.29, 0.717) is 0 Å². The summed E-state index contributed by atoms with van der Waals surface area (Å²) < 4.78 is 0. The van der Waals surface area contributed by atoms with Crippen LogP contribution in [-0.4, -0.2) is 20.1 Å². The molecule has 3 aromatic heterocycles. The number of aromatic amines is 3. The number of fused-ring (bicyclic) bond motifs is 3. The van der Waals surface area contributed by atoms with Gasteiger partial charge in [-0.2, -0.15) is 0 Å². The van der Waals surface area contributed by atoms with Crippen LogP contribution in [-0.2, 0) is 13.0 Å². The molecule has 6 rings (SSSR count). The maximum atomic E-state index is 8.90. The molecule has 148 valence electrons. The molecule has 0 unspecified atom stereocenters. The third kappa shape index (κ3) is 3.61. The first-order valence-corrected chi connectivity index (χ1v) is 10.1. The van der Waals surface area contributed by atoms with Crippen molar-refractivity contribution in [3.8, 4) is 0 Å². The molecule has 0 aliphatic heterocycles. The molecule has 0 aliphatic carbocycles. The Balaban J connectivity index is 0.000000149. The SMILES string of the molecule is OCc1c[nH]c2ccccc12.c1ccc2[nH]c(Cc3cc4ccccc4[nH]3)cc2c1. The van der Waals surface area contributed by atoms with Crippen LogP contribution >= 0.6 is 0 Å². The van der Waals surface area contributed by atoms with E-state index in [-0.39, 0.29) is 6.61 Å². The molecule has 6 aromatic rings. The average molecular weight is 393 g/mol. The zero-order chi connectivity index (χ0) is 20.3. The molecule has 4 N–H and O–H groups in total. The zero-order valence-electron chi connectivity index (χ0n) is 16.5. The molecule has 4 nitrogen and oxygen atoms in total. The number of benzene rings is 3. The van der Waals surface area contributed by atoms with Crippen molar-refractivity contribution in [1.82, 2.24) is 15.0 Å². The average Bonchev–Trinajstić information content (AvgIpc) is 3.49. The van der Waals surface area contributed by atoms with Crippen LogP contribution in [0.25, 0.3) is 32.7 Å². The first-order chi connectivity index (χ1) is 14.8. The van der Waals surface area contributed by atoms with Gasteiger partial charge >= 0.3 is 0 Å². The van der Waals surface area contributed by atoms with E-state index in [0.717, 1.165) is 22.9 Å². The van der Waals surface area contributed by atoms with Gasteiger partial charge < -0.3 is 20.1 Å². The maximum absolute atomic E-state index is 8.90. The molecule has 0 radical (unpaired) electrons. The summed E-state index contributed by atoms with van der Waals surface area (Å²) in [5, 5.41) is 12.6. The highest BCUT2D eigenvalue weighted by Crippen LogP contribution is 2.20. The molecular weight excluding hydrogens is 370 g/mol. The largest absolute Gasteiger partial charge is 0.392 e. The summed E-state index contributed by atoms with van der Waals surface area (Å²) >= 11 is 0. The van der Waals surface area contributed by atoms with Gasteiger partial charge in [-0.25, -0.2) is 0 Å². The summed E-state index contributed by atoms with van der Waals surface area (Å²) in [5.41, 5.74) is 6.93. The van der Waals surface area contributed by atoms with Crippen molar-refractivity contribution >= 4 is 32.7 Å². The van der Waals surface area contributed by atoms with E-state index in [2.05, 4.69) is 75.6 Å². The molecule has 0 amide bonds. The van der Waals surface area contributed by atoms with Crippen molar-refractivity contribution in [2.75, 3.05) is 0 Å². The van der Waals surface area contributed by atoms with Gasteiger partial charge in [-0.3, -0.25) is 0 Å². The Bertz CT molecular complexity index is 1280. The lowest BCUT2D eigenvalue weighted by atomic mass is 10.2. The lowest BCUT2D eigenvalue weighted by Crippen LogP contribution is -1.87. The van der Waals surface area contributed by atoms with E-state index >= 15 is 0 Å². The van der Waals surface area contributed by atoms with Crippen LogP contribution in [0.3, 0.4) is 0 Å². The fraction of sp³-hybridized carbons (Fsp3) is 0.0769. The van der Waals surface area contributed by atoms with Gasteiger partial charge in [0.25, 0.3) is 0 Å². The fourth-order valence-electron chi connectivity index (χ4n) is 3.93. The van der Waals surface area contributed by atoms with Crippen LogP contribution in [0.1, 0.15) is 17.0 Å². The fourth-order valence-corrected chi connectivity index (χ4v) is 3.93. The van der Waals surface area contributed by atoms with Crippen molar-refractivity contribution in [2.24, 2.45) is 0 Å². The molecule has 0 saturated carbocycles. The molecule has 0 bridgehead atoms. The van der Waals surface area contributed by atoms with Crippen molar-refractivity contribution < 1.29 is 5.11 Å². The predicted octanol–water partition coefficient (Wildman–Crippen LogP) is 5.90. The van der Waals surface area contributed by atoms with Crippen molar-refractivity contribution in [1.29, 1.82) is 0 Å². The smallest absolute Gasteiger partial charge is 0.0702 e. The molecule has 0 saturated heterocycles. The van der Waals surface area contributed by atoms with Gasteiger partial charge in [0.05, 0.1) is 6.61 Å². The van der Waals surface area contributed by atoms with Crippen LogP contribution in [0.4, 0.5) is 0 Å². The number of aromatic nitrogens is 3. The van der Waals surface area contributed by atoms with Gasteiger partial charge in [0.15, 0.2) is 0 Å². The second-order valence-electron chi connectivity index (χ2n) is 7.46. The number of aliphatic hydroxyl groups is 1. The predicted molar refractivity (Wildman–Crippen MR) is 124 cm³/mol. The topological polar surface area (TPSA) is 67.6 Å². The molecule has 4 heteroatoms. The van der Waals surface area contributed by atoms with Gasteiger partial charge in [-0.1, -0.05) is 54.6 Å². The molecule has 3 aromatic carbocycles. The minimum atomic E-state index is 0.101. The van der Waals surface area contributed by atoms with E-state index in [1.807, 2.05) is 30.5 Å². The van der Waals surface area contributed by atoms with Crippen molar-refractivity contribution in [3.63, 3.8) is 0 Å². The Labute approximate surface area is 174 Å². The highest BCUT2D eigenvalue weighted by molar-refractivity contribution is 5.83. The summed E-state index contributed by atoms with van der Waals surface area (Å²) in [6.45, 7) is 0.101. The second kappa shape index (κ2) is 7.93. The van der Waals surface area contributed by atoms with Crippen LogP contribution in [0.5, 0.6) is 0 Å². The van der Waals surface area contributed by atoms with Crippen LogP contribution < -0.4 is 0 Å². The van der Waals surface area contributed by atoms with E-state index in [9.17, 15) is 0 Å². The van der Waals surface area contributed by atoms with Crippen LogP contribution in [0.15, 0.2) is 91.1 Å². The Morgan fingerprint density at radius 1 is 0.633 bits per heavy atom. The van der Waals surface area contributed by atoms with Gasteiger partial charge in [-0.15, -0.1) is 0 Å². The first-order valence-electron chi connectivity index (χ1n) is 10.1. The zero-order valence-corrected chi connectivity index (χ0v) is 16.5. The van der Waals surface area contributed by atoms with Crippen molar-refractivity contribution in [2.45, 2.75) is 13.0 Å². The van der Waals surface area contributed by atoms with Crippen molar-refractivity contribution in [3.05, 3.63) is 108 Å². The second-order valence-corrected chi connectivity index (χ2v) is 7.46. The summed E-state index contributed by atoms with van der Waals surface area (Å²) in [5.74, 6) is 0. The number of hydrogen-bond donors (Lipinski definition) is 4. The van der Waals surface area contributed by atoms with Gasteiger partial charge in [-0.05, 0) is 41.1 Å². The Kier molecular flexibility index (Phi) is 4.83. The lowest BCUT2D eigenvalue weighted by Gasteiger charge is -1.93. The molecule has 0 fully saturated rings. The molecule has 3 heterocycles. The highest BCUT2D eigenvalue weighted by Gasteiger charge is 2.04. The number of H-pyrrole nitrogens is 3. The number of aliphatic hydroxyl groups excluding tert-OH is 1. The van der Waals surface area contributed by atoms with E-state index in [1.165, 1.54) is 33.2 Å². The normalized spacial score (nSPS) is 11.1. The lowest BCUT2D eigenvalue weighted by molar-refractivity contribution is 0.283. The minimum absolute atomic E-state index is 0.101. The standard InChI is InChI=1S/C17H14N2.C9H9NO/c1-3-7-16-12(5-1)9-14(18-16)11-15-10-13-6-2-4-8-17(13)19-15;11-6-7-5-10-9-4-2-1-3-8(7)9/h1-10,18-19H,11H2;1-5,10-11H,6H2. The molecule has 0 atom stereocenters. The number of para-hydroxylation sites is 3. The Hall–Kier alpha value is -3.76. The molecular formula is C26H23N3O. The highest BCUT2D eigenvalue weighted by atomic mass is 16.3. The first kappa shape index (κ1) is 18.3.